The van der Waals surface area contributed by atoms with E-state index in [1.807, 2.05) is 24.3 Å². The van der Waals surface area contributed by atoms with E-state index in [-0.39, 0.29) is 0 Å². The Morgan fingerprint density at radius 2 is 2.17 bits per heavy atom. The third-order valence-corrected chi connectivity index (χ3v) is 2.77. The van der Waals surface area contributed by atoms with Crippen LogP contribution in [-0.2, 0) is 0 Å². The van der Waals surface area contributed by atoms with Crippen LogP contribution in [0, 0.1) is 0 Å². The van der Waals surface area contributed by atoms with Crippen LogP contribution in [0.1, 0.15) is 0 Å². The van der Waals surface area contributed by atoms with Gasteiger partial charge in [0.25, 0.3) is 0 Å². The smallest absolute Gasteiger partial charge is 0.161 e. The van der Waals surface area contributed by atoms with Gasteiger partial charge in [-0.3, -0.25) is 0 Å². The first-order valence-corrected chi connectivity index (χ1v) is 5.51. The van der Waals surface area contributed by atoms with Gasteiger partial charge in [0.2, 0.25) is 0 Å². The van der Waals surface area contributed by atoms with Crippen LogP contribution in [0.4, 0.5) is 5.69 Å². The quantitative estimate of drug-likeness (QED) is 0.744. The van der Waals surface area contributed by atoms with Gasteiger partial charge < -0.3 is 10.5 Å². The third kappa shape index (κ3) is 1.66. The second-order valence-electron chi connectivity index (χ2n) is 3.94. The topological polar surface area (TPSA) is 66.0 Å². The van der Waals surface area contributed by atoms with Gasteiger partial charge in [-0.25, -0.2) is 9.67 Å². The lowest BCUT2D eigenvalue weighted by atomic mass is 10.1. The molecule has 1 aromatic carbocycles. The average molecular weight is 240 g/mol. The van der Waals surface area contributed by atoms with Crippen LogP contribution in [0.2, 0.25) is 0 Å². The first-order chi connectivity index (χ1) is 8.78. The zero-order valence-electron chi connectivity index (χ0n) is 9.87. The molecule has 0 saturated carbocycles. The Hall–Kier alpha value is -2.56. The van der Waals surface area contributed by atoms with E-state index in [9.17, 15) is 0 Å². The summed E-state index contributed by atoms with van der Waals surface area (Å²) in [7, 11) is 1.65. The molecule has 2 N–H and O–H groups in total. The summed E-state index contributed by atoms with van der Waals surface area (Å²) in [4.78, 5) is 4.35. The SMILES string of the molecule is COc1ccc2c(-n3cc(N)cn3)nccc2c1. The summed E-state index contributed by atoms with van der Waals surface area (Å²) in [5.41, 5.74) is 6.29. The molecule has 0 radical (unpaired) electrons. The molecule has 3 aromatic rings. The monoisotopic (exact) mass is 240 g/mol. The molecule has 90 valence electrons. The first kappa shape index (κ1) is 10.6. The predicted molar refractivity (Wildman–Crippen MR) is 69.8 cm³/mol. The van der Waals surface area contributed by atoms with E-state index >= 15 is 0 Å². The summed E-state index contributed by atoms with van der Waals surface area (Å²) in [5, 5.41) is 6.23. The van der Waals surface area contributed by atoms with E-state index < -0.39 is 0 Å². The molecule has 0 unspecified atom stereocenters. The largest absolute Gasteiger partial charge is 0.497 e. The normalized spacial score (nSPS) is 10.7. The Balaban J connectivity index is 2.24. The lowest BCUT2D eigenvalue weighted by Crippen LogP contribution is -1.98. The van der Waals surface area contributed by atoms with Crippen molar-refractivity contribution in [2.24, 2.45) is 0 Å². The van der Waals surface area contributed by atoms with Crippen molar-refractivity contribution in [3.63, 3.8) is 0 Å². The molecule has 0 bridgehead atoms. The maximum absolute atomic E-state index is 5.67. The maximum Gasteiger partial charge on any atom is 0.161 e. The number of methoxy groups -OCH3 is 1. The molecule has 18 heavy (non-hydrogen) atoms. The van der Waals surface area contributed by atoms with Gasteiger partial charge in [0, 0.05) is 11.6 Å². The molecule has 0 atom stereocenters. The molecular weight excluding hydrogens is 228 g/mol. The fraction of sp³-hybridized carbons (Fsp3) is 0.0769. The minimum Gasteiger partial charge on any atom is -0.497 e. The highest BCUT2D eigenvalue weighted by Gasteiger charge is 2.06. The van der Waals surface area contributed by atoms with E-state index in [0.29, 0.717) is 5.69 Å². The van der Waals surface area contributed by atoms with Crippen molar-refractivity contribution in [2.75, 3.05) is 12.8 Å². The van der Waals surface area contributed by atoms with Crippen LogP contribution in [-0.4, -0.2) is 21.9 Å². The predicted octanol–water partition coefficient (Wildman–Crippen LogP) is 2.01. The second-order valence-corrected chi connectivity index (χ2v) is 3.94. The first-order valence-electron chi connectivity index (χ1n) is 5.51. The van der Waals surface area contributed by atoms with Crippen LogP contribution in [0.25, 0.3) is 16.6 Å². The molecule has 0 aliphatic heterocycles. The Kier molecular flexibility index (Phi) is 2.37. The van der Waals surface area contributed by atoms with Crippen LogP contribution < -0.4 is 10.5 Å². The molecule has 5 nitrogen and oxygen atoms in total. The number of hydrogen-bond acceptors (Lipinski definition) is 4. The van der Waals surface area contributed by atoms with Crippen molar-refractivity contribution in [2.45, 2.75) is 0 Å². The summed E-state index contributed by atoms with van der Waals surface area (Å²) in [6.45, 7) is 0. The Morgan fingerprint density at radius 3 is 2.89 bits per heavy atom. The highest BCUT2D eigenvalue weighted by molar-refractivity contribution is 5.89. The van der Waals surface area contributed by atoms with Crippen LogP contribution in [0.5, 0.6) is 5.75 Å². The zero-order chi connectivity index (χ0) is 12.5. The molecule has 0 amide bonds. The number of ether oxygens (including phenoxy) is 1. The fourth-order valence-corrected chi connectivity index (χ4v) is 1.90. The molecule has 0 fully saturated rings. The van der Waals surface area contributed by atoms with E-state index in [0.717, 1.165) is 22.3 Å². The van der Waals surface area contributed by atoms with E-state index in [4.69, 9.17) is 10.5 Å². The highest BCUT2D eigenvalue weighted by Crippen LogP contribution is 2.24. The molecule has 0 aliphatic rings. The lowest BCUT2D eigenvalue weighted by molar-refractivity contribution is 0.415. The van der Waals surface area contributed by atoms with Gasteiger partial charge in [0.05, 0.1) is 25.2 Å². The molecule has 2 aromatic heterocycles. The number of fused-ring (bicyclic) bond motifs is 1. The van der Waals surface area contributed by atoms with Gasteiger partial charge in [-0.1, -0.05) is 0 Å². The Bertz CT molecular complexity index is 705. The minimum absolute atomic E-state index is 0.613. The van der Waals surface area contributed by atoms with E-state index in [2.05, 4.69) is 10.1 Å². The van der Waals surface area contributed by atoms with Crippen molar-refractivity contribution < 1.29 is 4.74 Å². The molecule has 3 rings (SSSR count). The third-order valence-electron chi connectivity index (χ3n) is 2.77. The number of nitrogens with two attached hydrogens (primary N) is 1. The zero-order valence-corrected chi connectivity index (χ0v) is 9.87. The van der Waals surface area contributed by atoms with Crippen molar-refractivity contribution in [1.29, 1.82) is 0 Å². The molecule has 0 spiro atoms. The lowest BCUT2D eigenvalue weighted by Gasteiger charge is -2.06. The van der Waals surface area contributed by atoms with Gasteiger partial charge in [0.1, 0.15) is 5.75 Å². The Morgan fingerprint density at radius 1 is 1.28 bits per heavy atom. The van der Waals surface area contributed by atoms with Crippen molar-refractivity contribution in [3.8, 4) is 11.6 Å². The number of rotatable bonds is 2. The van der Waals surface area contributed by atoms with Crippen LogP contribution in [0.3, 0.4) is 0 Å². The number of nitrogens with zero attached hydrogens (tertiary/aromatic N) is 3. The van der Waals surface area contributed by atoms with Crippen molar-refractivity contribution in [3.05, 3.63) is 42.9 Å². The van der Waals surface area contributed by atoms with Gasteiger partial charge >= 0.3 is 0 Å². The standard InChI is InChI=1S/C13H12N4O/c1-18-11-2-3-12-9(6-11)4-5-15-13(12)17-8-10(14)7-16-17/h2-8H,14H2,1H3. The summed E-state index contributed by atoms with van der Waals surface area (Å²) in [5.74, 6) is 1.58. The van der Waals surface area contributed by atoms with Gasteiger partial charge in [-0.2, -0.15) is 5.10 Å². The number of anilines is 1. The summed E-state index contributed by atoms with van der Waals surface area (Å²) in [6, 6.07) is 7.77. The second kappa shape index (κ2) is 4.03. The van der Waals surface area contributed by atoms with Crippen LogP contribution >= 0.6 is 0 Å². The van der Waals surface area contributed by atoms with Crippen molar-refractivity contribution in [1.82, 2.24) is 14.8 Å². The summed E-state index contributed by atoms with van der Waals surface area (Å²) >= 11 is 0. The highest BCUT2D eigenvalue weighted by atomic mass is 16.5. The fourth-order valence-electron chi connectivity index (χ4n) is 1.90. The Labute approximate surface area is 104 Å². The number of benzene rings is 1. The number of pyridine rings is 1. The van der Waals surface area contributed by atoms with Gasteiger partial charge in [-0.05, 0) is 29.7 Å². The van der Waals surface area contributed by atoms with Crippen LogP contribution in [0.15, 0.2) is 42.9 Å². The number of hydrogen-bond donors (Lipinski definition) is 1. The van der Waals surface area contributed by atoms with Gasteiger partial charge in [-0.15, -0.1) is 0 Å². The van der Waals surface area contributed by atoms with E-state index in [1.54, 1.807) is 30.4 Å². The summed E-state index contributed by atoms with van der Waals surface area (Å²) < 4.78 is 6.88. The molecule has 0 aliphatic carbocycles. The van der Waals surface area contributed by atoms with Gasteiger partial charge in [0.15, 0.2) is 5.82 Å². The number of nitrogen functional groups attached to an aromatic ring is 1. The molecular formula is C13H12N4O. The average Bonchev–Trinajstić information content (AvgIpc) is 2.84. The maximum atomic E-state index is 5.67. The molecule has 2 heterocycles. The number of aromatic nitrogens is 3. The van der Waals surface area contributed by atoms with Crippen molar-refractivity contribution >= 4 is 16.5 Å². The molecule has 0 saturated heterocycles. The summed E-state index contributed by atoms with van der Waals surface area (Å²) in [6.07, 6.45) is 5.09. The molecule has 5 heteroatoms. The van der Waals surface area contributed by atoms with E-state index in [1.165, 1.54) is 0 Å². The minimum atomic E-state index is 0.613.